The topological polar surface area (TPSA) is 722 Å². The third kappa shape index (κ3) is 37.0. The predicted octanol–water partition coefficient (Wildman–Crippen LogP) is -6.10. The number of aliphatic hydroxyl groups is 2. The van der Waals surface area contributed by atoms with E-state index in [-0.39, 0.29) is 131 Å². The summed E-state index contributed by atoms with van der Waals surface area (Å²) in [5.41, 5.74) is 28.4. The summed E-state index contributed by atoms with van der Waals surface area (Å²) in [6, 6.07) is -8.75. The van der Waals surface area contributed by atoms with Gasteiger partial charge in [0.05, 0.1) is 63.4 Å². The van der Waals surface area contributed by atoms with E-state index in [1.54, 1.807) is 58.0 Å². The number of aliphatic imine (C=N–C) groups is 1. The van der Waals surface area contributed by atoms with Crippen LogP contribution in [0, 0.1) is 11.8 Å². The van der Waals surface area contributed by atoms with Crippen molar-refractivity contribution in [1.29, 1.82) is 0 Å². The lowest BCUT2D eigenvalue weighted by atomic mass is 9.79. The number of hydrogen-bond acceptors (Lipinski definition) is 26. The SMILES string of the molecule is CC(C)C[C@H](NC(=O)[C@@H](NC(=O)[C@H](CCC(N)=O)NC(=O)[C@H](CO)NC(=O)[C@H](Cc1cnc[nH]1)NC(=O)[C@H](Cc1cnc[nH]1)NC(=O)[C@@H](N)CO)C(C)C)C(=O)N[C@@H](C)C(=O)N[C@@H](Cc1ccccc1)C(=O)N[C@@H](C)C(=O)N[C@@H](CCCN=C(N)N)C(=O)NCCOCCOCCOC(=O)N[C@@H](CCCCNC(=O)CCCCC1SC[C@]2(C)NC(=O)N[C@]12C)C(N)=O. The van der Waals surface area contributed by atoms with Crippen molar-refractivity contribution in [3.05, 3.63) is 72.3 Å². The third-order valence-electron chi connectivity index (χ3n) is 21.0. The van der Waals surface area contributed by atoms with Crippen molar-refractivity contribution >= 4 is 113 Å². The van der Waals surface area contributed by atoms with Gasteiger partial charge in [0.25, 0.3) is 0 Å². The molecule has 46 nitrogen and oxygen atoms in total. The van der Waals surface area contributed by atoms with E-state index in [4.69, 9.17) is 42.9 Å². The van der Waals surface area contributed by atoms with Crippen LogP contribution in [0.2, 0.25) is 0 Å². The monoisotopic (exact) mass is 1810 g/mol. The Balaban J connectivity index is 1.10. The van der Waals surface area contributed by atoms with Crippen molar-refractivity contribution < 1.29 is 101 Å². The summed E-state index contributed by atoms with van der Waals surface area (Å²) in [6.45, 7) is 11.9. The molecule has 29 N–H and O–H groups in total. The van der Waals surface area contributed by atoms with Crippen LogP contribution < -0.4 is 108 Å². The van der Waals surface area contributed by atoms with Gasteiger partial charge in [-0.1, -0.05) is 64.4 Å². The van der Waals surface area contributed by atoms with E-state index in [9.17, 15) is 86.9 Å². The number of H-pyrrole nitrogens is 2. The van der Waals surface area contributed by atoms with Gasteiger partial charge in [0.1, 0.15) is 79.1 Å². The number of aromatic nitrogens is 4. The predicted molar refractivity (Wildman–Crippen MR) is 462 cm³/mol. The lowest BCUT2D eigenvalue weighted by Gasteiger charge is -2.35. The van der Waals surface area contributed by atoms with Gasteiger partial charge in [-0.3, -0.25) is 72.1 Å². The molecule has 2 aliphatic rings. The molecule has 2 aromatic heterocycles. The van der Waals surface area contributed by atoms with Crippen molar-refractivity contribution in [2.45, 2.75) is 241 Å². The van der Waals surface area contributed by atoms with Crippen LogP contribution in [-0.4, -0.2) is 291 Å². The number of carbonyl (C=O) groups excluding carboxylic acids is 16. The minimum atomic E-state index is -1.85. The summed E-state index contributed by atoms with van der Waals surface area (Å²) in [5, 5.41) is 59.8. The molecule has 1 unspecified atom stereocenters. The lowest BCUT2D eigenvalue weighted by Crippen LogP contribution is -2.62. The highest BCUT2D eigenvalue weighted by Crippen LogP contribution is 2.47. The number of benzene rings is 1. The van der Waals surface area contributed by atoms with E-state index in [0.717, 1.165) is 18.6 Å². The zero-order chi connectivity index (χ0) is 93.9. The van der Waals surface area contributed by atoms with E-state index in [0.29, 0.717) is 49.2 Å². The molecule has 2 aliphatic heterocycles. The van der Waals surface area contributed by atoms with Crippen LogP contribution in [-0.2, 0) is 101 Å². The number of nitrogens with zero attached hydrogens (tertiary/aromatic N) is 3. The summed E-state index contributed by atoms with van der Waals surface area (Å²) in [5.74, 6) is -12.2. The summed E-state index contributed by atoms with van der Waals surface area (Å²) in [7, 11) is 0. The van der Waals surface area contributed by atoms with Gasteiger partial charge in [0, 0.05) is 86.5 Å². The molecule has 0 bridgehead atoms. The zero-order valence-corrected chi connectivity index (χ0v) is 73.8. The molecule has 2 saturated heterocycles. The average molecular weight is 1810 g/mol. The van der Waals surface area contributed by atoms with E-state index >= 15 is 0 Å². The Morgan fingerprint density at radius 2 is 1.06 bits per heavy atom. The fourth-order valence-electron chi connectivity index (χ4n) is 13.5. The Labute approximate surface area is 740 Å². The second-order valence-corrected chi connectivity index (χ2v) is 33.4. The fraction of sp³-hybridized carbons (Fsp3) is 0.637. The first-order chi connectivity index (χ1) is 60.3. The van der Waals surface area contributed by atoms with Gasteiger partial charge in [-0.05, 0) is 103 Å². The number of primary amides is 2. The van der Waals surface area contributed by atoms with Crippen LogP contribution in [0.4, 0.5) is 9.59 Å². The minimum Gasteiger partial charge on any atom is -0.447 e. The molecule has 2 fully saturated rings. The summed E-state index contributed by atoms with van der Waals surface area (Å²) >= 11 is 1.82. The second-order valence-electron chi connectivity index (χ2n) is 32.2. The Morgan fingerprint density at radius 3 is 1.63 bits per heavy atom. The highest BCUT2D eigenvalue weighted by atomic mass is 32.2. The Bertz CT molecular complexity index is 4130. The number of amides is 17. The Hall–Kier alpha value is -11.8. The van der Waals surface area contributed by atoms with Crippen molar-refractivity contribution in [3.8, 4) is 0 Å². The van der Waals surface area contributed by atoms with Gasteiger partial charge >= 0.3 is 12.1 Å². The molecule has 0 aliphatic carbocycles. The van der Waals surface area contributed by atoms with Gasteiger partial charge < -0.3 is 143 Å². The molecule has 5 rings (SSSR count). The number of nitrogens with one attached hydrogen (secondary N) is 17. The number of rotatable bonds is 60. The van der Waals surface area contributed by atoms with Crippen LogP contribution in [0.15, 0.2) is 60.4 Å². The summed E-state index contributed by atoms with van der Waals surface area (Å²) < 4.78 is 16.2. The first-order valence-corrected chi connectivity index (χ1v) is 43.3. The van der Waals surface area contributed by atoms with Crippen LogP contribution in [0.25, 0.3) is 0 Å². The number of fused-ring (bicyclic) bond motifs is 1. The van der Waals surface area contributed by atoms with Crippen molar-refractivity contribution in [2.75, 3.05) is 71.6 Å². The fourth-order valence-corrected chi connectivity index (χ4v) is 15.4. The molecule has 17 amide bonds. The number of aromatic amines is 2. The first kappa shape index (κ1) is 106. The average Bonchev–Trinajstić information content (AvgIpc) is 1.57. The molecule has 0 spiro atoms. The molecular formula is C80H129N25O21S. The number of urea groups is 1. The van der Waals surface area contributed by atoms with Crippen LogP contribution in [0.5, 0.6) is 0 Å². The Kier molecular flexibility index (Phi) is 45.2. The van der Waals surface area contributed by atoms with Gasteiger partial charge in [-0.15, -0.1) is 0 Å². The van der Waals surface area contributed by atoms with Crippen LogP contribution in [0.3, 0.4) is 0 Å². The molecule has 4 heterocycles. The van der Waals surface area contributed by atoms with Gasteiger partial charge in [0.15, 0.2) is 5.96 Å². The van der Waals surface area contributed by atoms with Crippen molar-refractivity contribution in [2.24, 2.45) is 45.5 Å². The molecule has 47 heteroatoms. The van der Waals surface area contributed by atoms with Crippen molar-refractivity contribution in [1.82, 2.24) is 99.7 Å². The Morgan fingerprint density at radius 1 is 0.528 bits per heavy atom. The smallest absolute Gasteiger partial charge is 0.407 e. The largest absolute Gasteiger partial charge is 0.447 e. The number of carbonyl (C=O) groups is 16. The zero-order valence-electron chi connectivity index (χ0n) is 73.0. The number of imidazole rings is 2. The first-order valence-electron chi connectivity index (χ1n) is 42.2. The minimum absolute atomic E-state index is 0.000196. The number of ether oxygens (including phenoxy) is 3. The molecule has 127 heavy (non-hydrogen) atoms. The quantitative estimate of drug-likeness (QED) is 0.0108. The second kappa shape index (κ2) is 54.3. The highest BCUT2D eigenvalue weighted by Gasteiger charge is 2.60. The number of aliphatic hydroxyl groups excluding tert-OH is 2. The van der Waals surface area contributed by atoms with E-state index in [1.165, 1.54) is 38.9 Å². The highest BCUT2D eigenvalue weighted by molar-refractivity contribution is 8.00. The summed E-state index contributed by atoms with van der Waals surface area (Å²) in [4.78, 5) is 233. The molecule has 0 saturated carbocycles. The molecule has 3 aromatic rings. The number of nitrogens with two attached hydrogens (primary N) is 5. The van der Waals surface area contributed by atoms with E-state index in [2.05, 4.69) is 119 Å². The van der Waals surface area contributed by atoms with Crippen molar-refractivity contribution in [3.63, 3.8) is 0 Å². The molecule has 1 aromatic carbocycles. The van der Waals surface area contributed by atoms with Crippen LogP contribution >= 0.6 is 11.8 Å². The van der Waals surface area contributed by atoms with Gasteiger partial charge in [-0.25, -0.2) is 19.6 Å². The number of unbranched alkanes of at least 4 members (excludes halogenated alkanes) is 2. The standard InChI is InChI=1S/C80H129N25O21S/c1-44(2)33-55(100-75(121)63(45(3)4)103-69(115)54(23-24-61(82)108)96-74(120)59(40-107)101-73(119)58(36-50-38-87-43-92-50)99-72(118)57(35-49-37-86-42-91-49)98-67(113)51(81)39-106)70(116)93-47(6)66(112)97-56(34-48-17-10-9-11-18-48)71(117)94-46(5)65(111)95-53(20-16-26-90-76(84)85)68(114)89-27-28-124-29-30-125-31-32-126-78(123)102-52(64(83)110)19-14-15-25-88-62(109)22-13-12-21-60-80(8)79(7,41-127-60)104-77(122)105-80/h9-11,17-18,37-38,42-47,51-60,63,106-107H,12-16,19-36,39-41,81H2,1-8H3,(H2,82,108)(H2,83,110)(H,86,91)(H,87,92)(H,88,109)(H,89,114)(H,93,116)(H,94,117)(H,95,111)(H,96,120)(H,97,112)(H,98,113)(H,99,118)(H,100,121)(H,101,119)(H,102,123)(H,103,115)(H4,84,85,90)(H2,104,105,122)/t46-,47-,51-,52-,53-,54-,55-,56-,57-,58-,59-,60?,63-,79-,80+/m0/s1. The van der Waals surface area contributed by atoms with Gasteiger partial charge in [0.2, 0.25) is 82.7 Å². The molecule has 15 atom stereocenters. The number of thioether (sulfide) groups is 1. The number of alkyl carbamates (subject to hydrolysis) is 1. The van der Waals surface area contributed by atoms with Gasteiger partial charge in [-0.2, -0.15) is 11.8 Å². The van der Waals surface area contributed by atoms with Crippen LogP contribution in [0.1, 0.15) is 149 Å². The molecular weight excluding hydrogens is 1680 g/mol. The molecule has 706 valence electrons. The van der Waals surface area contributed by atoms with E-state index < -0.39 is 187 Å². The molecule has 0 radical (unpaired) electrons. The maximum atomic E-state index is 14.4. The third-order valence-corrected chi connectivity index (χ3v) is 22.8. The normalized spacial score (nSPS) is 17.9. The maximum Gasteiger partial charge on any atom is 0.407 e. The summed E-state index contributed by atoms with van der Waals surface area (Å²) in [6.07, 6.45) is 7.05. The number of hydrogen-bond donors (Lipinski definition) is 24. The maximum absolute atomic E-state index is 14.4. The number of guanidine groups is 1. The lowest BCUT2D eigenvalue weighted by molar-refractivity contribution is -0.137. The van der Waals surface area contributed by atoms with E-state index in [1.807, 2.05) is 11.8 Å².